The first-order valence-electron chi connectivity index (χ1n) is 7.16. The lowest BCUT2D eigenvalue weighted by atomic mass is 10.2. The molecule has 2 amide bonds. The van der Waals surface area contributed by atoms with Crippen LogP contribution in [0.15, 0.2) is 58.1 Å². The number of anilines is 1. The van der Waals surface area contributed by atoms with E-state index >= 15 is 0 Å². The summed E-state index contributed by atoms with van der Waals surface area (Å²) in [5, 5.41) is 6.46. The number of benzene rings is 2. The molecule has 0 saturated carbocycles. The molecular weight excluding hydrogens is 377 g/mol. The molecule has 0 aliphatic rings. The average Bonchev–Trinajstić information content (AvgIpc) is 2.55. The molecule has 7 heteroatoms. The number of rotatable bonds is 6. The van der Waals surface area contributed by atoms with Crippen molar-refractivity contribution >= 4 is 39.6 Å². The Balaban J connectivity index is 1.72. The minimum atomic E-state index is -0.377. The number of carbonyl (C=O) groups is 2. The second-order valence-electron chi connectivity index (χ2n) is 4.90. The molecule has 0 aliphatic heterocycles. The van der Waals surface area contributed by atoms with E-state index in [0.29, 0.717) is 11.3 Å². The highest BCUT2D eigenvalue weighted by atomic mass is 79.9. The van der Waals surface area contributed by atoms with Crippen molar-refractivity contribution < 1.29 is 14.0 Å². The summed E-state index contributed by atoms with van der Waals surface area (Å²) in [5.41, 5.74) is 3.64. The summed E-state index contributed by atoms with van der Waals surface area (Å²) >= 11 is 3.31. The van der Waals surface area contributed by atoms with E-state index in [-0.39, 0.29) is 30.5 Å². The zero-order valence-corrected chi connectivity index (χ0v) is 14.2. The van der Waals surface area contributed by atoms with Gasteiger partial charge in [0.15, 0.2) is 0 Å². The summed E-state index contributed by atoms with van der Waals surface area (Å²) in [6.45, 7) is 0. The van der Waals surface area contributed by atoms with E-state index in [1.54, 1.807) is 18.2 Å². The summed E-state index contributed by atoms with van der Waals surface area (Å²) in [5.74, 6) is -0.976. The molecule has 0 aliphatic carbocycles. The Kier molecular flexibility index (Phi) is 6.62. The van der Waals surface area contributed by atoms with Gasteiger partial charge in [-0.25, -0.2) is 9.82 Å². The molecule has 24 heavy (non-hydrogen) atoms. The highest BCUT2D eigenvalue weighted by molar-refractivity contribution is 9.10. The molecule has 2 rings (SSSR count). The fraction of sp³-hybridized carbons (Fsp3) is 0.118. The number of hydrogen-bond donors (Lipinski definition) is 2. The Morgan fingerprint density at radius 1 is 1.08 bits per heavy atom. The fourth-order valence-corrected chi connectivity index (χ4v) is 2.20. The first-order valence-corrected chi connectivity index (χ1v) is 7.95. The lowest BCUT2D eigenvalue weighted by molar-refractivity contribution is -0.124. The van der Waals surface area contributed by atoms with Crippen molar-refractivity contribution in [3.63, 3.8) is 0 Å². The van der Waals surface area contributed by atoms with E-state index < -0.39 is 0 Å². The molecule has 0 spiro atoms. The van der Waals surface area contributed by atoms with Gasteiger partial charge in [0.25, 0.3) is 0 Å². The molecular formula is C17H15BrFN3O2. The fourth-order valence-electron chi connectivity index (χ4n) is 1.80. The smallest absolute Gasteiger partial charge is 0.240 e. The van der Waals surface area contributed by atoms with Crippen molar-refractivity contribution in [1.82, 2.24) is 5.43 Å². The number of halogens is 2. The van der Waals surface area contributed by atoms with Gasteiger partial charge in [-0.2, -0.15) is 5.10 Å². The minimum Gasteiger partial charge on any atom is -0.326 e. The van der Waals surface area contributed by atoms with Crippen LogP contribution in [0.3, 0.4) is 0 Å². The van der Waals surface area contributed by atoms with Crippen LogP contribution in [0.2, 0.25) is 0 Å². The van der Waals surface area contributed by atoms with Gasteiger partial charge in [-0.05, 0) is 35.9 Å². The van der Waals surface area contributed by atoms with E-state index in [4.69, 9.17) is 0 Å². The molecule has 0 bridgehead atoms. The second kappa shape index (κ2) is 8.93. The number of hydrazone groups is 1. The van der Waals surface area contributed by atoms with E-state index in [9.17, 15) is 14.0 Å². The van der Waals surface area contributed by atoms with Gasteiger partial charge in [0.2, 0.25) is 11.8 Å². The summed E-state index contributed by atoms with van der Waals surface area (Å²) in [7, 11) is 0. The molecule has 5 nitrogen and oxygen atoms in total. The van der Waals surface area contributed by atoms with Gasteiger partial charge in [0.1, 0.15) is 5.82 Å². The number of amides is 2. The first-order chi connectivity index (χ1) is 11.5. The normalized spacial score (nSPS) is 10.6. The largest absolute Gasteiger partial charge is 0.326 e. The van der Waals surface area contributed by atoms with Gasteiger partial charge >= 0.3 is 0 Å². The van der Waals surface area contributed by atoms with E-state index in [0.717, 1.165) is 4.47 Å². The van der Waals surface area contributed by atoms with Crippen LogP contribution in [0.5, 0.6) is 0 Å². The van der Waals surface area contributed by atoms with Crippen molar-refractivity contribution in [3.8, 4) is 0 Å². The number of nitrogens with zero attached hydrogens (tertiary/aromatic N) is 1. The maximum Gasteiger partial charge on any atom is 0.240 e. The van der Waals surface area contributed by atoms with Gasteiger partial charge in [0, 0.05) is 23.0 Å². The van der Waals surface area contributed by atoms with Crippen LogP contribution in [-0.4, -0.2) is 18.0 Å². The third kappa shape index (κ3) is 6.29. The van der Waals surface area contributed by atoms with E-state index in [1.807, 2.05) is 6.07 Å². The standard InChI is InChI=1S/C17H15BrFN3O2/c18-13-2-1-3-15(10-13)21-16(23)8-9-17(24)22-20-11-12-4-6-14(19)7-5-12/h1-7,10-11H,8-9H2,(H,21,23)(H,22,24). The Hall–Kier alpha value is -2.54. The quantitative estimate of drug-likeness (QED) is 0.584. The first kappa shape index (κ1) is 17.8. The number of nitrogens with one attached hydrogen (secondary N) is 2. The van der Waals surface area contributed by atoms with Crippen LogP contribution >= 0.6 is 15.9 Å². The maximum atomic E-state index is 12.7. The minimum absolute atomic E-state index is 0.0145. The lowest BCUT2D eigenvalue weighted by Crippen LogP contribution is -2.20. The molecule has 0 atom stereocenters. The van der Waals surface area contributed by atoms with Crippen LogP contribution in [0.1, 0.15) is 18.4 Å². The van der Waals surface area contributed by atoms with Crippen molar-refractivity contribution in [3.05, 3.63) is 64.4 Å². The molecule has 0 fully saturated rings. The monoisotopic (exact) mass is 391 g/mol. The molecule has 0 unspecified atom stereocenters. The molecule has 0 saturated heterocycles. The third-order valence-corrected chi connectivity index (χ3v) is 3.45. The predicted octanol–water partition coefficient (Wildman–Crippen LogP) is 3.46. The number of hydrogen-bond acceptors (Lipinski definition) is 3. The van der Waals surface area contributed by atoms with Crippen LogP contribution in [-0.2, 0) is 9.59 Å². The Bertz CT molecular complexity index is 748. The van der Waals surface area contributed by atoms with Crippen molar-refractivity contribution in [2.45, 2.75) is 12.8 Å². The molecule has 2 N–H and O–H groups in total. The van der Waals surface area contributed by atoms with Gasteiger partial charge < -0.3 is 5.32 Å². The highest BCUT2D eigenvalue weighted by Crippen LogP contribution is 2.15. The number of carbonyl (C=O) groups excluding carboxylic acids is 2. The molecule has 0 heterocycles. The summed E-state index contributed by atoms with van der Waals surface area (Å²) in [6.07, 6.45) is 1.46. The Morgan fingerprint density at radius 3 is 2.50 bits per heavy atom. The molecule has 2 aromatic rings. The maximum absolute atomic E-state index is 12.7. The van der Waals surface area contributed by atoms with Crippen molar-refractivity contribution in [1.29, 1.82) is 0 Å². The SMILES string of the molecule is O=C(CCC(=O)Nc1cccc(Br)c1)NN=Cc1ccc(F)cc1. The Morgan fingerprint density at radius 2 is 1.79 bits per heavy atom. The molecule has 0 radical (unpaired) electrons. The van der Waals surface area contributed by atoms with Crippen LogP contribution < -0.4 is 10.7 Å². The molecule has 124 valence electrons. The molecule has 2 aromatic carbocycles. The van der Waals surface area contributed by atoms with Gasteiger partial charge in [0.05, 0.1) is 6.21 Å². The van der Waals surface area contributed by atoms with E-state index in [2.05, 4.69) is 31.8 Å². The van der Waals surface area contributed by atoms with E-state index in [1.165, 1.54) is 30.5 Å². The predicted molar refractivity (Wildman–Crippen MR) is 94.1 cm³/mol. The van der Waals surface area contributed by atoms with Gasteiger partial charge in [-0.15, -0.1) is 0 Å². The average molecular weight is 392 g/mol. The summed E-state index contributed by atoms with van der Waals surface area (Å²) in [6, 6.07) is 12.9. The Labute approximate surface area is 147 Å². The lowest BCUT2D eigenvalue weighted by Gasteiger charge is -2.05. The van der Waals surface area contributed by atoms with Gasteiger partial charge in [-0.1, -0.05) is 34.1 Å². The highest BCUT2D eigenvalue weighted by Gasteiger charge is 2.06. The van der Waals surface area contributed by atoms with Crippen LogP contribution in [0, 0.1) is 5.82 Å². The van der Waals surface area contributed by atoms with Crippen molar-refractivity contribution in [2.24, 2.45) is 5.10 Å². The topological polar surface area (TPSA) is 70.6 Å². The summed E-state index contributed by atoms with van der Waals surface area (Å²) < 4.78 is 13.6. The van der Waals surface area contributed by atoms with Crippen molar-refractivity contribution in [2.75, 3.05) is 5.32 Å². The molecule has 0 aromatic heterocycles. The van der Waals surface area contributed by atoms with Crippen LogP contribution in [0.4, 0.5) is 10.1 Å². The zero-order valence-electron chi connectivity index (χ0n) is 12.6. The van der Waals surface area contributed by atoms with Gasteiger partial charge in [-0.3, -0.25) is 9.59 Å². The van der Waals surface area contributed by atoms with Crippen LogP contribution in [0.25, 0.3) is 0 Å². The second-order valence-corrected chi connectivity index (χ2v) is 5.82. The third-order valence-electron chi connectivity index (χ3n) is 2.96. The summed E-state index contributed by atoms with van der Waals surface area (Å²) in [4.78, 5) is 23.4. The zero-order chi connectivity index (χ0) is 17.4.